The van der Waals surface area contributed by atoms with Crippen molar-refractivity contribution in [2.45, 2.75) is 19.5 Å². The van der Waals surface area contributed by atoms with Gasteiger partial charge in [0.15, 0.2) is 10.9 Å². The summed E-state index contributed by atoms with van der Waals surface area (Å²) >= 11 is 1.22. The number of pyridine rings is 1. The topological polar surface area (TPSA) is 78.4 Å². The van der Waals surface area contributed by atoms with Gasteiger partial charge in [-0.1, -0.05) is 29.4 Å². The molecule has 0 radical (unpaired) electrons. The van der Waals surface area contributed by atoms with Crippen LogP contribution in [0.25, 0.3) is 0 Å². The fourth-order valence-electron chi connectivity index (χ4n) is 3.10. The Kier molecular flexibility index (Phi) is 9.02. The molecule has 0 bridgehead atoms. The Morgan fingerprint density at radius 1 is 1.05 bits per heavy atom. The van der Waals surface area contributed by atoms with Crippen molar-refractivity contribution >= 4 is 28.3 Å². The fraction of sp³-hybridized carbons (Fsp3) is 0.308. The van der Waals surface area contributed by atoms with Crippen LogP contribution in [0.5, 0.6) is 0 Å². The summed E-state index contributed by atoms with van der Waals surface area (Å²) in [5, 5.41) is 3.16. The van der Waals surface area contributed by atoms with Crippen molar-refractivity contribution in [1.29, 1.82) is 0 Å². The molecule has 0 spiro atoms. The van der Waals surface area contributed by atoms with Gasteiger partial charge in [0, 0.05) is 43.2 Å². The van der Waals surface area contributed by atoms with Gasteiger partial charge >= 0.3 is 12.2 Å². The predicted octanol–water partition coefficient (Wildman–Crippen LogP) is 4.72. The predicted molar refractivity (Wildman–Crippen MR) is 137 cm³/mol. The van der Waals surface area contributed by atoms with Crippen LogP contribution in [0.2, 0.25) is 0 Å². The van der Waals surface area contributed by atoms with Crippen molar-refractivity contribution in [2.75, 3.05) is 39.5 Å². The third-order valence-electron chi connectivity index (χ3n) is 5.31. The molecule has 1 N–H and O–H groups in total. The number of carbonyl (C=O) groups is 2. The number of carbonyl (C=O) groups excluding carboxylic acids is 2. The van der Waals surface area contributed by atoms with Gasteiger partial charge in [-0.3, -0.25) is 15.1 Å². The van der Waals surface area contributed by atoms with Gasteiger partial charge in [-0.15, -0.1) is 0 Å². The molecule has 37 heavy (non-hydrogen) atoms. The third kappa shape index (κ3) is 8.13. The van der Waals surface area contributed by atoms with E-state index in [4.69, 9.17) is 0 Å². The molecule has 194 valence electrons. The van der Waals surface area contributed by atoms with E-state index < -0.39 is 11.7 Å². The van der Waals surface area contributed by atoms with Crippen molar-refractivity contribution < 1.29 is 22.8 Å². The molecule has 0 aliphatic rings. The molecule has 0 aliphatic heterocycles. The van der Waals surface area contributed by atoms with E-state index >= 15 is 0 Å². The number of Topliss-reactive ketones (excluding diaryl/α,β-unsaturated/α-hetero) is 1. The number of rotatable bonds is 7. The third-order valence-corrected chi connectivity index (χ3v) is 6.14. The first-order valence-corrected chi connectivity index (χ1v) is 12.0. The number of halogens is 3. The van der Waals surface area contributed by atoms with E-state index in [0.717, 1.165) is 30.4 Å². The van der Waals surface area contributed by atoms with E-state index in [1.54, 1.807) is 36.3 Å². The van der Waals surface area contributed by atoms with Crippen LogP contribution in [0.1, 0.15) is 37.6 Å². The number of hydrogen-bond donors (Lipinski definition) is 1. The van der Waals surface area contributed by atoms with Crippen LogP contribution in [0.3, 0.4) is 0 Å². The molecule has 2 amide bonds. The highest BCUT2D eigenvalue weighted by atomic mass is 32.1. The van der Waals surface area contributed by atoms with Crippen LogP contribution < -0.4 is 5.32 Å². The minimum atomic E-state index is -4.51. The highest BCUT2D eigenvalue weighted by Crippen LogP contribution is 2.29. The summed E-state index contributed by atoms with van der Waals surface area (Å²) in [4.78, 5) is 37.3. The SMILES string of the molecule is Cc1ccc(C(=O)Cc2cc(C(F)(F)F)ccn2)cc1C#Cc1cnc(NC(=O)N(C)CCN(C)C)s1. The number of likely N-dealkylation sites (N-methyl/N-ethyl adjacent to an activating group) is 2. The molecule has 3 rings (SSSR count). The molecular weight excluding hydrogens is 503 g/mol. The number of thiazole rings is 1. The van der Waals surface area contributed by atoms with Crippen molar-refractivity contribution in [2.24, 2.45) is 0 Å². The molecule has 0 saturated heterocycles. The van der Waals surface area contributed by atoms with Crippen LogP contribution in [-0.4, -0.2) is 65.8 Å². The standard InChI is InChI=1S/C26H26F3N5O2S/c1-17-5-6-19(23(35)15-21-14-20(9-10-30-21)26(27,28)29)13-18(17)7-8-22-16-31-24(37-22)32-25(36)34(4)12-11-33(2)3/h5-6,9-10,13-14,16H,11-12,15H2,1-4H3,(H,31,32,36). The molecule has 0 aliphatic carbocycles. The average molecular weight is 530 g/mol. The van der Waals surface area contributed by atoms with Gasteiger partial charge in [0.05, 0.1) is 23.1 Å². The molecule has 1 aromatic carbocycles. The number of nitrogens with one attached hydrogen (secondary N) is 1. The Morgan fingerprint density at radius 3 is 2.51 bits per heavy atom. The summed E-state index contributed by atoms with van der Waals surface area (Å²) in [7, 11) is 5.56. The first-order valence-electron chi connectivity index (χ1n) is 11.2. The summed E-state index contributed by atoms with van der Waals surface area (Å²) in [5.74, 6) is 5.64. The lowest BCUT2D eigenvalue weighted by molar-refractivity contribution is -0.137. The quantitative estimate of drug-likeness (QED) is 0.354. The number of hydrogen-bond acceptors (Lipinski definition) is 6. The highest BCUT2D eigenvalue weighted by Gasteiger charge is 2.30. The van der Waals surface area contributed by atoms with Crippen molar-refractivity contribution in [1.82, 2.24) is 19.8 Å². The lowest BCUT2D eigenvalue weighted by atomic mass is 10.00. The highest BCUT2D eigenvalue weighted by molar-refractivity contribution is 7.16. The molecule has 3 aromatic rings. The number of aromatic nitrogens is 2. The van der Waals surface area contributed by atoms with E-state index in [1.807, 2.05) is 25.9 Å². The molecule has 7 nitrogen and oxygen atoms in total. The first-order chi connectivity index (χ1) is 17.4. The normalized spacial score (nSPS) is 11.1. The van der Waals surface area contributed by atoms with Gasteiger partial charge in [0.25, 0.3) is 0 Å². The zero-order valence-electron chi connectivity index (χ0n) is 20.8. The van der Waals surface area contributed by atoms with Crippen LogP contribution in [0.4, 0.5) is 23.1 Å². The minimum Gasteiger partial charge on any atom is -0.326 e. The van der Waals surface area contributed by atoms with Crippen LogP contribution in [0, 0.1) is 18.8 Å². The second-order valence-corrected chi connectivity index (χ2v) is 9.63. The number of anilines is 1. The Balaban J connectivity index is 1.69. The Hall–Kier alpha value is -3.75. The number of ketones is 1. The van der Waals surface area contributed by atoms with Gasteiger partial charge in [-0.25, -0.2) is 9.78 Å². The minimum absolute atomic E-state index is 0.0413. The zero-order valence-corrected chi connectivity index (χ0v) is 21.6. The average Bonchev–Trinajstić information content (AvgIpc) is 3.28. The summed E-state index contributed by atoms with van der Waals surface area (Å²) in [6.07, 6.45) is -2.17. The maximum atomic E-state index is 13.0. The van der Waals surface area contributed by atoms with Gasteiger partial charge < -0.3 is 9.80 Å². The van der Waals surface area contributed by atoms with E-state index in [-0.39, 0.29) is 23.9 Å². The second kappa shape index (κ2) is 12.0. The molecule has 0 atom stereocenters. The fourth-order valence-corrected chi connectivity index (χ4v) is 3.76. The van der Waals surface area contributed by atoms with E-state index in [9.17, 15) is 22.8 Å². The summed E-state index contributed by atoms with van der Waals surface area (Å²) < 4.78 is 38.9. The summed E-state index contributed by atoms with van der Waals surface area (Å²) in [6, 6.07) is 6.44. The maximum Gasteiger partial charge on any atom is 0.416 e. The molecule has 2 aromatic heterocycles. The van der Waals surface area contributed by atoms with Crippen molar-refractivity contribution in [3.63, 3.8) is 0 Å². The molecule has 0 saturated carbocycles. The number of urea groups is 1. The van der Waals surface area contributed by atoms with Crippen LogP contribution in [-0.2, 0) is 12.6 Å². The van der Waals surface area contributed by atoms with Gasteiger partial charge in [-0.05, 0) is 50.7 Å². The number of nitrogens with zero attached hydrogens (tertiary/aromatic N) is 4. The van der Waals surface area contributed by atoms with Crippen molar-refractivity contribution in [3.8, 4) is 11.8 Å². The van der Waals surface area contributed by atoms with Gasteiger partial charge in [0.2, 0.25) is 0 Å². The Labute approximate surface area is 217 Å². The Morgan fingerprint density at radius 2 is 1.81 bits per heavy atom. The molecular formula is C26H26F3N5O2S. The molecule has 11 heteroatoms. The number of amides is 2. The van der Waals surface area contributed by atoms with Gasteiger partial charge in [-0.2, -0.15) is 13.2 Å². The number of benzene rings is 1. The lowest BCUT2D eigenvalue weighted by Crippen LogP contribution is -2.36. The maximum absolute atomic E-state index is 13.0. The molecule has 2 heterocycles. The second-order valence-electron chi connectivity index (χ2n) is 8.60. The number of alkyl halides is 3. The smallest absolute Gasteiger partial charge is 0.326 e. The van der Waals surface area contributed by atoms with Crippen LogP contribution in [0.15, 0.2) is 42.7 Å². The molecule has 0 unspecified atom stereocenters. The Bertz CT molecular complexity index is 1340. The monoisotopic (exact) mass is 529 g/mol. The molecule has 0 fully saturated rings. The largest absolute Gasteiger partial charge is 0.416 e. The van der Waals surface area contributed by atoms with Crippen molar-refractivity contribution in [3.05, 3.63) is 75.6 Å². The van der Waals surface area contributed by atoms with E-state index in [0.29, 0.717) is 27.7 Å². The summed E-state index contributed by atoms with van der Waals surface area (Å²) in [5.41, 5.74) is 0.958. The number of aryl methyl sites for hydroxylation is 1. The lowest BCUT2D eigenvalue weighted by Gasteiger charge is -2.19. The summed E-state index contributed by atoms with van der Waals surface area (Å²) in [6.45, 7) is 3.14. The van der Waals surface area contributed by atoms with E-state index in [2.05, 4.69) is 27.1 Å². The van der Waals surface area contributed by atoms with Crippen LogP contribution >= 0.6 is 11.3 Å². The van der Waals surface area contributed by atoms with E-state index in [1.165, 1.54) is 11.3 Å². The van der Waals surface area contributed by atoms with Gasteiger partial charge in [0.1, 0.15) is 0 Å². The first kappa shape index (κ1) is 27.8. The zero-order chi connectivity index (χ0) is 27.2.